The highest BCUT2D eigenvalue weighted by atomic mass is 19.1. The van der Waals surface area contributed by atoms with Crippen LogP contribution in [0.5, 0.6) is 5.88 Å². The number of nitrogens with two attached hydrogens (primary N) is 1. The van der Waals surface area contributed by atoms with Crippen LogP contribution in [0.2, 0.25) is 0 Å². The molecule has 0 aliphatic rings. The maximum Gasteiger partial charge on any atom is 0.224 e. The summed E-state index contributed by atoms with van der Waals surface area (Å²) < 4.78 is 19.1. The Morgan fingerprint density at radius 1 is 1.35 bits per heavy atom. The maximum absolute atomic E-state index is 14.1. The third-order valence-corrected chi connectivity index (χ3v) is 4.04. The molecule has 0 saturated heterocycles. The van der Waals surface area contributed by atoms with Gasteiger partial charge in [-0.15, -0.1) is 0 Å². The second kappa shape index (κ2) is 9.84. The number of nitrogens with one attached hydrogen (secondary N) is 1. The molecule has 6 nitrogen and oxygen atoms in total. The summed E-state index contributed by atoms with van der Waals surface area (Å²) in [6.07, 6.45) is 3.20. The zero-order valence-electron chi connectivity index (χ0n) is 14.7. The van der Waals surface area contributed by atoms with Gasteiger partial charge >= 0.3 is 0 Å². The van der Waals surface area contributed by atoms with Crippen LogP contribution in [-0.4, -0.2) is 35.8 Å². The fraction of sp³-hybridized carbons (Fsp3) is 0.368. The van der Waals surface area contributed by atoms with Crippen LogP contribution < -0.4 is 15.8 Å². The summed E-state index contributed by atoms with van der Waals surface area (Å²) in [6, 6.07) is 7.73. The van der Waals surface area contributed by atoms with Gasteiger partial charge in [0.25, 0.3) is 0 Å². The van der Waals surface area contributed by atoms with Crippen LogP contribution in [0.15, 0.2) is 36.5 Å². The van der Waals surface area contributed by atoms with Gasteiger partial charge in [0.1, 0.15) is 5.82 Å². The molecule has 0 radical (unpaired) electrons. The minimum Gasteiger partial charge on any atom is -0.481 e. The molecule has 0 saturated carbocycles. The minimum atomic E-state index is -0.416. The molecule has 1 amide bonds. The Morgan fingerprint density at radius 3 is 2.81 bits per heavy atom. The smallest absolute Gasteiger partial charge is 0.224 e. The lowest BCUT2D eigenvalue weighted by molar-refractivity contribution is -0.116. The Balaban J connectivity index is 1.96. The minimum absolute atomic E-state index is 0.161. The van der Waals surface area contributed by atoms with Gasteiger partial charge in [-0.2, -0.15) is 0 Å². The van der Waals surface area contributed by atoms with E-state index in [0.717, 1.165) is 5.56 Å². The van der Waals surface area contributed by atoms with E-state index in [2.05, 4.69) is 10.3 Å². The van der Waals surface area contributed by atoms with Crippen LogP contribution in [0.4, 0.5) is 10.1 Å². The number of rotatable bonds is 9. The molecule has 1 atom stereocenters. The molecule has 4 N–H and O–H groups in total. The Bertz CT molecular complexity index is 722. The van der Waals surface area contributed by atoms with Crippen molar-refractivity contribution >= 4 is 11.6 Å². The van der Waals surface area contributed by atoms with E-state index in [-0.39, 0.29) is 18.9 Å². The molecule has 26 heavy (non-hydrogen) atoms. The number of anilines is 1. The third-order valence-electron chi connectivity index (χ3n) is 4.04. The number of aryl methyl sites for hydroxylation is 1. The molecule has 2 rings (SSSR count). The Labute approximate surface area is 152 Å². The van der Waals surface area contributed by atoms with E-state index < -0.39 is 11.9 Å². The SMILES string of the molecule is COc1ccc(CCC(=O)Nc2cccc(F)c2CCC(N)CO)cn1. The van der Waals surface area contributed by atoms with Gasteiger partial charge in [-0.3, -0.25) is 4.79 Å². The molecule has 1 heterocycles. The van der Waals surface area contributed by atoms with Crippen molar-refractivity contribution in [2.24, 2.45) is 5.73 Å². The van der Waals surface area contributed by atoms with Crippen LogP contribution in [0.3, 0.4) is 0 Å². The molecular formula is C19H24FN3O3. The first-order valence-corrected chi connectivity index (χ1v) is 8.46. The molecule has 1 aromatic carbocycles. The molecule has 0 bridgehead atoms. The van der Waals surface area contributed by atoms with E-state index in [9.17, 15) is 9.18 Å². The lowest BCUT2D eigenvalue weighted by Gasteiger charge is -2.14. The summed E-state index contributed by atoms with van der Waals surface area (Å²) in [5.74, 6) is -0.0879. The van der Waals surface area contributed by atoms with E-state index >= 15 is 0 Å². The summed E-state index contributed by atoms with van der Waals surface area (Å²) in [5, 5.41) is 11.8. The predicted molar refractivity (Wildman–Crippen MR) is 97.5 cm³/mol. The van der Waals surface area contributed by atoms with Gasteiger partial charge in [0.2, 0.25) is 11.8 Å². The number of nitrogens with zero attached hydrogens (tertiary/aromatic N) is 1. The molecule has 0 aliphatic carbocycles. The number of pyridine rings is 1. The number of hydrogen-bond acceptors (Lipinski definition) is 5. The average molecular weight is 361 g/mol. The van der Waals surface area contributed by atoms with Gasteiger partial charge in [-0.1, -0.05) is 12.1 Å². The average Bonchev–Trinajstić information content (AvgIpc) is 2.66. The number of ether oxygens (including phenoxy) is 1. The number of aliphatic hydroxyl groups is 1. The molecule has 2 aromatic rings. The Kier molecular flexibility index (Phi) is 7.50. The standard InChI is InChI=1S/C19H24FN3O3/c1-26-19-10-6-13(11-22-19)5-9-18(25)23-17-4-2-3-16(20)15(17)8-7-14(21)12-24/h2-4,6,10-11,14,24H,5,7-9,12,21H2,1H3,(H,23,25). The number of aromatic nitrogens is 1. The molecule has 7 heteroatoms. The number of hydrogen-bond donors (Lipinski definition) is 3. The van der Waals surface area contributed by atoms with Crippen molar-refractivity contribution in [3.8, 4) is 5.88 Å². The highest BCUT2D eigenvalue weighted by molar-refractivity contribution is 5.91. The van der Waals surface area contributed by atoms with Crippen molar-refractivity contribution in [1.29, 1.82) is 0 Å². The second-order valence-corrected chi connectivity index (χ2v) is 6.00. The molecule has 0 spiro atoms. The first-order valence-electron chi connectivity index (χ1n) is 8.46. The third kappa shape index (κ3) is 5.79. The maximum atomic E-state index is 14.1. The molecule has 1 unspecified atom stereocenters. The van der Waals surface area contributed by atoms with E-state index in [1.54, 1.807) is 31.5 Å². The zero-order valence-corrected chi connectivity index (χ0v) is 14.7. The van der Waals surface area contributed by atoms with Crippen LogP contribution in [0.25, 0.3) is 0 Å². The normalized spacial score (nSPS) is 11.8. The van der Waals surface area contributed by atoms with E-state index in [4.69, 9.17) is 15.6 Å². The summed E-state index contributed by atoms with van der Waals surface area (Å²) in [5.41, 5.74) is 7.43. The van der Waals surface area contributed by atoms with Crippen molar-refractivity contribution in [1.82, 2.24) is 4.98 Å². The van der Waals surface area contributed by atoms with Crippen LogP contribution in [-0.2, 0) is 17.6 Å². The fourth-order valence-electron chi connectivity index (χ4n) is 2.50. The molecular weight excluding hydrogens is 337 g/mol. The van der Waals surface area contributed by atoms with Gasteiger partial charge in [0, 0.05) is 36.0 Å². The summed E-state index contributed by atoms with van der Waals surface area (Å²) in [7, 11) is 1.54. The van der Waals surface area contributed by atoms with E-state index in [1.165, 1.54) is 6.07 Å². The number of methoxy groups -OCH3 is 1. The summed E-state index contributed by atoms with van der Waals surface area (Å²) in [6.45, 7) is -0.161. The number of aliphatic hydroxyl groups excluding tert-OH is 1. The Morgan fingerprint density at radius 2 is 2.15 bits per heavy atom. The van der Waals surface area contributed by atoms with Gasteiger partial charge in [-0.25, -0.2) is 9.37 Å². The van der Waals surface area contributed by atoms with Gasteiger partial charge < -0.3 is 20.9 Å². The van der Waals surface area contributed by atoms with Gasteiger partial charge in [0.05, 0.1) is 13.7 Å². The lowest BCUT2D eigenvalue weighted by Crippen LogP contribution is -2.25. The number of benzene rings is 1. The second-order valence-electron chi connectivity index (χ2n) is 6.00. The van der Waals surface area contributed by atoms with Crippen LogP contribution in [0.1, 0.15) is 24.0 Å². The first-order chi connectivity index (χ1) is 12.5. The quantitative estimate of drug-likeness (QED) is 0.635. The largest absolute Gasteiger partial charge is 0.481 e. The highest BCUT2D eigenvalue weighted by Gasteiger charge is 2.13. The molecule has 0 aliphatic heterocycles. The summed E-state index contributed by atoms with van der Waals surface area (Å²) >= 11 is 0. The predicted octanol–water partition coefficient (Wildman–Crippen LogP) is 2.05. The fourth-order valence-corrected chi connectivity index (χ4v) is 2.50. The zero-order chi connectivity index (χ0) is 18.9. The monoisotopic (exact) mass is 361 g/mol. The highest BCUT2D eigenvalue weighted by Crippen LogP contribution is 2.21. The Hall–Kier alpha value is -2.51. The molecule has 1 aromatic heterocycles. The number of halogens is 1. The van der Waals surface area contributed by atoms with Gasteiger partial charge in [-0.05, 0) is 37.0 Å². The lowest BCUT2D eigenvalue weighted by atomic mass is 10.0. The first kappa shape index (κ1) is 19.8. The van der Waals surface area contributed by atoms with Crippen molar-refractivity contribution in [3.05, 3.63) is 53.5 Å². The van der Waals surface area contributed by atoms with Crippen molar-refractivity contribution < 1.29 is 19.0 Å². The van der Waals surface area contributed by atoms with E-state index in [0.29, 0.717) is 36.4 Å². The molecule has 140 valence electrons. The van der Waals surface area contributed by atoms with Crippen LogP contribution >= 0.6 is 0 Å². The van der Waals surface area contributed by atoms with Gasteiger partial charge in [0.15, 0.2) is 0 Å². The topological polar surface area (TPSA) is 97.5 Å². The van der Waals surface area contributed by atoms with Crippen molar-refractivity contribution in [2.75, 3.05) is 19.0 Å². The molecule has 0 fully saturated rings. The summed E-state index contributed by atoms with van der Waals surface area (Å²) in [4.78, 5) is 16.3. The van der Waals surface area contributed by atoms with Crippen molar-refractivity contribution in [2.45, 2.75) is 31.7 Å². The number of carbonyl (C=O) groups excluding carboxylic acids is 1. The number of amides is 1. The van der Waals surface area contributed by atoms with Crippen molar-refractivity contribution in [3.63, 3.8) is 0 Å². The van der Waals surface area contributed by atoms with Crippen LogP contribution in [0, 0.1) is 5.82 Å². The number of carbonyl (C=O) groups is 1. The van der Waals surface area contributed by atoms with E-state index in [1.807, 2.05) is 6.07 Å².